The van der Waals surface area contributed by atoms with Crippen LogP contribution in [0, 0.1) is 4.91 Å². The SMILES string of the molecule is O=[N+](O)c1cncnc1CP(=O)([O-])O. The Kier molecular flexibility index (Phi) is 2.90. The van der Waals surface area contributed by atoms with E-state index in [2.05, 4.69) is 9.97 Å². The predicted octanol–water partition coefficient (Wildman–Crippen LogP) is -0.678. The molecule has 0 aliphatic carbocycles. The summed E-state index contributed by atoms with van der Waals surface area (Å²) in [6.07, 6.45) is 1.10. The second-order valence-electron chi connectivity index (χ2n) is 2.42. The third-order valence-corrected chi connectivity index (χ3v) is 2.03. The van der Waals surface area contributed by atoms with Gasteiger partial charge in [0.05, 0.1) is 11.1 Å². The molecular formula is C5H6N3O5P. The molecule has 14 heavy (non-hydrogen) atoms. The molecule has 0 amide bonds. The van der Waals surface area contributed by atoms with Gasteiger partial charge in [-0.25, -0.2) is 15.2 Å². The number of nitrogens with zero attached hydrogens (tertiary/aromatic N) is 3. The Labute approximate surface area is 77.9 Å². The quantitative estimate of drug-likeness (QED) is 0.509. The molecule has 0 aromatic carbocycles. The van der Waals surface area contributed by atoms with Crippen molar-refractivity contribution in [3.63, 3.8) is 0 Å². The van der Waals surface area contributed by atoms with Crippen LogP contribution in [0.4, 0.5) is 5.69 Å². The van der Waals surface area contributed by atoms with Gasteiger partial charge in [0.1, 0.15) is 25.8 Å². The van der Waals surface area contributed by atoms with Gasteiger partial charge in [0.25, 0.3) is 4.92 Å². The maximum Gasteiger partial charge on any atom is 0.356 e. The van der Waals surface area contributed by atoms with Gasteiger partial charge in [-0.3, -0.25) is 0 Å². The van der Waals surface area contributed by atoms with Crippen LogP contribution in [0.3, 0.4) is 0 Å². The maximum absolute atomic E-state index is 10.5. The van der Waals surface area contributed by atoms with Gasteiger partial charge in [0, 0.05) is 0 Å². The van der Waals surface area contributed by atoms with E-state index in [9.17, 15) is 14.4 Å². The monoisotopic (exact) mass is 219 g/mol. The van der Waals surface area contributed by atoms with Crippen molar-refractivity contribution in [1.29, 1.82) is 0 Å². The molecular weight excluding hydrogens is 213 g/mol. The molecule has 0 spiro atoms. The zero-order chi connectivity index (χ0) is 10.8. The average molecular weight is 219 g/mol. The van der Waals surface area contributed by atoms with Crippen LogP contribution in [0.25, 0.3) is 0 Å². The first-order valence-electron chi connectivity index (χ1n) is 3.38. The van der Waals surface area contributed by atoms with E-state index in [0.717, 1.165) is 12.5 Å². The summed E-state index contributed by atoms with van der Waals surface area (Å²) in [6.45, 7) is 0. The fourth-order valence-corrected chi connectivity index (χ4v) is 1.44. The molecule has 76 valence electrons. The first kappa shape index (κ1) is 10.7. The van der Waals surface area contributed by atoms with Crippen LogP contribution in [0.1, 0.15) is 5.69 Å². The van der Waals surface area contributed by atoms with Crippen LogP contribution in [-0.2, 0) is 10.7 Å². The van der Waals surface area contributed by atoms with Crippen molar-refractivity contribution in [1.82, 2.24) is 9.97 Å². The van der Waals surface area contributed by atoms with E-state index in [4.69, 9.17) is 10.1 Å². The molecule has 0 aliphatic heterocycles. The zero-order valence-corrected chi connectivity index (χ0v) is 7.66. The number of hydrogen-bond donors (Lipinski definition) is 2. The predicted molar refractivity (Wildman–Crippen MR) is 40.6 cm³/mol. The summed E-state index contributed by atoms with van der Waals surface area (Å²) < 4.78 is 10.5. The van der Waals surface area contributed by atoms with E-state index in [1.54, 1.807) is 0 Å². The van der Waals surface area contributed by atoms with E-state index in [1.807, 2.05) is 0 Å². The summed E-state index contributed by atoms with van der Waals surface area (Å²) in [5.41, 5.74) is -0.684. The number of aromatic nitrogens is 2. The molecule has 0 saturated carbocycles. The Balaban J connectivity index is 3.08. The van der Waals surface area contributed by atoms with Crippen LogP contribution in [0.2, 0.25) is 0 Å². The Bertz CT molecular complexity index is 402. The van der Waals surface area contributed by atoms with Gasteiger partial charge >= 0.3 is 5.69 Å². The Morgan fingerprint density at radius 3 is 2.79 bits per heavy atom. The summed E-state index contributed by atoms with van der Waals surface area (Å²) in [7, 11) is -4.57. The summed E-state index contributed by atoms with van der Waals surface area (Å²) in [4.78, 5) is 35.8. The van der Waals surface area contributed by atoms with Crippen LogP contribution in [0.5, 0.6) is 0 Å². The Hall–Kier alpha value is -1.37. The molecule has 0 aliphatic rings. The molecule has 1 aromatic heterocycles. The molecule has 1 unspecified atom stereocenters. The molecule has 1 atom stereocenters. The molecule has 1 rings (SSSR count). The van der Waals surface area contributed by atoms with Crippen molar-refractivity contribution in [3.8, 4) is 0 Å². The van der Waals surface area contributed by atoms with E-state index < -0.39 is 24.4 Å². The minimum atomic E-state index is -4.57. The molecule has 1 aromatic rings. The minimum Gasteiger partial charge on any atom is -0.778 e. The second kappa shape index (κ2) is 3.79. The van der Waals surface area contributed by atoms with Crippen LogP contribution >= 0.6 is 7.60 Å². The summed E-state index contributed by atoms with van der Waals surface area (Å²) in [5, 5.41) is 8.53. The van der Waals surface area contributed by atoms with Gasteiger partial charge in [0.2, 0.25) is 0 Å². The van der Waals surface area contributed by atoms with Crippen LogP contribution < -0.4 is 4.89 Å². The van der Waals surface area contributed by atoms with Gasteiger partial charge in [0.15, 0.2) is 0 Å². The molecule has 9 heteroatoms. The molecule has 0 radical (unpaired) electrons. The van der Waals surface area contributed by atoms with Gasteiger partial charge in [-0.15, -0.1) is 0 Å². The first-order valence-corrected chi connectivity index (χ1v) is 5.14. The van der Waals surface area contributed by atoms with E-state index in [1.165, 1.54) is 0 Å². The summed E-state index contributed by atoms with van der Waals surface area (Å²) in [6, 6.07) is 0. The van der Waals surface area contributed by atoms with Crippen molar-refractivity contribution in [2.45, 2.75) is 6.16 Å². The smallest absolute Gasteiger partial charge is 0.356 e. The molecule has 0 fully saturated rings. The Morgan fingerprint density at radius 1 is 1.64 bits per heavy atom. The van der Waals surface area contributed by atoms with Crippen molar-refractivity contribution in [2.24, 2.45) is 0 Å². The topological polar surface area (TPSA) is 126 Å². The standard InChI is InChI=1S/C5H6N3O5P/c9-8(10)5-1-6-3-7-4(5)2-14(11,12)13/h1,3H,2H2,(H2-,9,10,11,12,13). The molecule has 8 nitrogen and oxygen atoms in total. The third-order valence-electron chi connectivity index (χ3n) is 1.33. The largest absolute Gasteiger partial charge is 0.778 e. The number of hydrogen-bond acceptors (Lipinski definition) is 5. The van der Waals surface area contributed by atoms with Crippen LogP contribution in [0.15, 0.2) is 12.5 Å². The highest BCUT2D eigenvalue weighted by Gasteiger charge is 2.22. The molecule has 1 heterocycles. The van der Waals surface area contributed by atoms with Crippen molar-refractivity contribution >= 4 is 13.3 Å². The van der Waals surface area contributed by atoms with E-state index >= 15 is 0 Å². The van der Waals surface area contributed by atoms with Crippen molar-refractivity contribution < 1.29 is 24.5 Å². The third kappa shape index (κ3) is 2.84. The highest BCUT2D eigenvalue weighted by molar-refractivity contribution is 7.49. The molecule has 0 saturated heterocycles. The summed E-state index contributed by atoms with van der Waals surface area (Å²) in [5.74, 6) is 0. The zero-order valence-electron chi connectivity index (χ0n) is 6.77. The lowest BCUT2D eigenvalue weighted by atomic mass is 10.4. The van der Waals surface area contributed by atoms with E-state index in [-0.39, 0.29) is 5.69 Å². The number of rotatable bonds is 3. The van der Waals surface area contributed by atoms with Crippen molar-refractivity contribution in [2.75, 3.05) is 0 Å². The van der Waals surface area contributed by atoms with Gasteiger partial charge in [-0.05, 0) is 0 Å². The highest BCUT2D eigenvalue weighted by atomic mass is 31.2. The van der Waals surface area contributed by atoms with E-state index in [0.29, 0.717) is 0 Å². The van der Waals surface area contributed by atoms with Gasteiger partial charge in [-0.2, -0.15) is 0 Å². The second-order valence-corrected chi connectivity index (χ2v) is 4.01. The maximum atomic E-state index is 10.5. The first-order chi connectivity index (χ1) is 6.40. The summed E-state index contributed by atoms with van der Waals surface area (Å²) >= 11 is 0. The van der Waals surface area contributed by atoms with Crippen molar-refractivity contribution in [3.05, 3.63) is 23.1 Å². The minimum absolute atomic E-state index is 0.265. The normalized spacial score (nSPS) is 14.7. The lowest BCUT2D eigenvalue weighted by molar-refractivity contribution is -0.730. The highest BCUT2D eigenvalue weighted by Crippen LogP contribution is 2.35. The fourth-order valence-electron chi connectivity index (χ4n) is 0.818. The lowest BCUT2D eigenvalue weighted by Gasteiger charge is -2.13. The van der Waals surface area contributed by atoms with Crippen LogP contribution in [-0.4, -0.2) is 25.0 Å². The van der Waals surface area contributed by atoms with Gasteiger partial charge in [-0.1, -0.05) is 0 Å². The fraction of sp³-hybridized carbons (Fsp3) is 0.200. The Morgan fingerprint density at radius 2 is 2.29 bits per heavy atom. The average Bonchev–Trinajstić information content (AvgIpc) is 2.01. The molecule has 2 N–H and O–H groups in total. The molecule has 0 bridgehead atoms. The lowest BCUT2D eigenvalue weighted by Crippen LogP contribution is -2.07. The van der Waals surface area contributed by atoms with Gasteiger partial charge < -0.3 is 14.4 Å².